The van der Waals surface area contributed by atoms with Gasteiger partial charge in [0.1, 0.15) is 5.01 Å². The summed E-state index contributed by atoms with van der Waals surface area (Å²) in [6, 6.07) is 5.63. The third-order valence-corrected chi connectivity index (χ3v) is 4.47. The van der Waals surface area contributed by atoms with Crippen LogP contribution in [0.5, 0.6) is 11.5 Å². The number of nitrogens with one attached hydrogen (secondary N) is 1. The number of nitrogens with zero attached hydrogens (tertiary/aromatic N) is 1. The van der Waals surface area contributed by atoms with Gasteiger partial charge in [0.25, 0.3) is 0 Å². The van der Waals surface area contributed by atoms with Crippen LogP contribution in [0.3, 0.4) is 0 Å². The molecule has 0 radical (unpaired) electrons. The second-order valence-corrected chi connectivity index (χ2v) is 5.77. The normalized spacial score (nSPS) is 12.3. The highest BCUT2D eigenvalue weighted by Crippen LogP contribution is 2.26. The number of thiazole rings is 1. The molecule has 108 valence electrons. The van der Waals surface area contributed by atoms with Crippen molar-refractivity contribution in [1.29, 1.82) is 0 Å². The fraction of sp³-hybridized carbons (Fsp3) is 0.400. The molecule has 1 heterocycles. The highest BCUT2D eigenvalue weighted by Gasteiger charge is 2.10. The van der Waals surface area contributed by atoms with Gasteiger partial charge in [-0.05, 0) is 31.0 Å². The third kappa shape index (κ3) is 3.49. The molecule has 0 amide bonds. The van der Waals surface area contributed by atoms with E-state index in [1.165, 1.54) is 4.88 Å². The van der Waals surface area contributed by atoms with Crippen molar-refractivity contribution in [3.8, 4) is 11.5 Å². The van der Waals surface area contributed by atoms with Gasteiger partial charge in [-0.1, -0.05) is 13.0 Å². The van der Waals surface area contributed by atoms with E-state index in [1.807, 2.05) is 12.3 Å². The zero-order valence-corrected chi connectivity index (χ0v) is 12.8. The van der Waals surface area contributed by atoms with E-state index in [4.69, 9.17) is 4.74 Å². The second kappa shape index (κ2) is 6.72. The average Bonchev–Trinajstić information content (AvgIpc) is 2.94. The summed E-state index contributed by atoms with van der Waals surface area (Å²) in [7, 11) is 1.54. The van der Waals surface area contributed by atoms with Gasteiger partial charge in [-0.25, -0.2) is 4.98 Å². The fourth-order valence-corrected chi connectivity index (χ4v) is 2.77. The highest BCUT2D eigenvalue weighted by molar-refractivity contribution is 7.11. The van der Waals surface area contributed by atoms with E-state index < -0.39 is 0 Å². The van der Waals surface area contributed by atoms with Crippen molar-refractivity contribution in [3.05, 3.63) is 39.8 Å². The number of methoxy groups -OCH3 is 1. The summed E-state index contributed by atoms with van der Waals surface area (Å²) in [6.45, 7) is 4.91. The molecule has 2 rings (SSSR count). The van der Waals surface area contributed by atoms with Crippen molar-refractivity contribution >= 4 is 11.3 Å². The van der Waals surface area contributed by atoms with Gasteiger partial charge in [-0.3, -0.25) is 0 Å². The Kier molecular flexibility index (Phi) is 4.98. The van der Waals surface area contributed by atoms with Crippen molar-refractivity contribution in [3.63, 3.8) is 0 Å². The number of benzene rings is 1. The summed E-state index contributed by atoms with van der Waals surface area (Å²) >= 11 is 1.74. The lowest BCUT2D eigenvalue weighted by molar-refractivity contribution is 0.373. The van der Waals surface area contributed by atoms with Crippen LogP contribution in [0.25, 0.3) is 0 Å². The van der Waals surface area contributed by atoms with Crippen LogP contribution >= 0.6 is 11.3 Å². The number of aromatic hydroxyl groups is 1. The van der Waals surface area contributed by atoms with Crippen LogP contribution in [-0.4, -0.2) is 17.2 Å². The van der Waals surface area contributed by atoms with Crippen LogP contribution in [0.2, 0.25) is 0 Å². The highest BCUT2D eigenvalue weighted by atomic mass is 32.1. The molecule has 2 N–H and O–H groups in total. The summed E-state index contributed by atoms with van der Waals surface area (Å²) in [5.74, 6) is 0.663. The molecule has 1 aromatic heterocycles. The summed E-state index contributed by atoms with van der Waals surface area (Å²) < 4.78 is 5.03. The van der Waals surface area contributed by atoms with Crippen molar-refractivity contribution in [2.45, 2.75) is 32.9 Å². The molecule has 4 nitrogen and oxygen atoms in total. The molecule has 1 atom stereocenters. The Balaban J connectivity index is 1.96. The second-order valence-electron chi connectivity index (χ2n) is 4.63. The number of phenols is 1. The number of aromatic nitrogens is 1. The van der Waals surface area contributed by atoms with Crippen molar-refractivity contribution in [2.24, 2.45) is 0 Å². The maximum absolute atomic E-state index is 9.75. The summed E-state index contributed by atoms with van der Waals surface area (Å²) in [6.07, 6.45) is 2.97. The minimum absolute atomic E-state index is 0.168. The SMILES string of the molecule is CCc1cnc(C(C)NCc2ccc(OC)c(O)c2)s1. The summed E-state index contributed by atoms with van der Waals surface area (Å²) in [5, 5.41) is 14.3. The Hall–Kier alpha value is -1.59. The Labute approximate surface area is 123 Å². The molecule has 0 saturated heterocycles. The van der Waals surface area contributed by atoms with Crippen LogP contribution in [0.1, 0.15) is 35.3 Å². The van der Waals surface area contributed by atoms with Crippen molar-refractivity contribution in [2.75, 3.05) is 7.11 Å². The van der Waals surface area contributed by atoms with E-state index >= 15 is 0 Å². The standard InChI is InChI=1S/C15H20N2O2S/c1-4-12-9-17-15(20-12)10(2)16-8-11-5-6-14(19-3)13(18)7-11/h5-7,9-10,16,18H,4,8H2,1-3H3. The van der Waals surface area contributed by atoms with Gasteiger partial charge in [-0.2, -0.15) is 0 Å². The lowest BCUT2D eigenvalue weighted by Crippen LogP contribution is -2.17. The Morgan fingerprint density at radius 3 is 2.85 bits per heavy atom. The average molecular weight is 292 g/mol. The first-order chi connectivity index (χ1) is 9.63. The topological polar surface area (TPSA) is 54.4 Å². The van der Waals surface area contributed by atoms with E-state index in [2.05, 4.69) is 24.1 Å². The van der Waals surface area contributed by atoms with Crippen molar-refractivity contribution in [1.82, 2.24) is 10.3 Å². The van der Waals surface area contributed by atoms with Crippen LogP contribution in [-0.2, 0) is 13.0 Å². The zero-order chi connectivity index (χ0) is 14.5. The van der Waals surface area contributed by atoms with Crippen LogP contribution in [0.4, 0.5) is 0 Å². The molecule has 1 unspecified atom stereocenters. The van der Waals surface area contributed by atoms with Gasteiger partial charge in [0, 0.05) is 17.6 Å². The summed E-state index contributed by atoms with van der Waals surface area (Å²) in [4.78, 5) is 5.73. The first kappa shape index (κ1) is 14.8. The van der Waals surface area contributed by atoms with E-state index in [-0.39, 0.29) is 11.8 Å². The molecular weight excluding hydrogens is 272 g/mol. The van der Waals surface area contributed by atoms with Crippen LogP contribution in [0.15, 0.2) is 24.4 Å². The molecule has 2 aromatic rings. The van der Waals surface area contributed by atoms with E-state index in [0.717, 1.165) is 17.0 Å². The number of hydrogen-bond acceptors (Lipinski definition) is 5. The predicted molar refractivity (Wildman–Crippen MR) is 81.4 cm³/mol. The van der Waals surface area contributed by atoms with E-state index in [9.17, 15) is 5.11 Å². The molecule has 1 aromatic carbocycles. The number of hydrogen-bond donors (Lipinski definition) is 2. The van der Waals surface area contributed by atoms with Gasteiger partial charge < -0.3 is 15.2 Å². The monoisotopic (exact) mass is 292 g/mol. The molecule has 0 aliphatic carbocycles. The quantitative estimate of drug-likeness (QED) is 0.858. The minimum Gasteiger partial charge on any atom is -0.504 e. The van der Waals surface area contributed by atoms with Gasteiger partial charge in [-0.15, -0.1) is 11.3 Å². The van der Waals surface area contributed by atoms with Gasteiger partial charge in [0.2, 0.25) is 0 Å². The first-order valence-electron chi connectivity index (χ1n) is 6.68. The molecule has 20 heavy (non-hydrogen) atoms. The van der Waals surface area contributed by atoms with Gasteiger partial charge in [0.15, 0.2) is 11.5 Å². The Bertz CT molecular complexity index is 569. The molecule has 0 spiro atoms. The maximum Gasteiger partial charge on any atom is 0.160 e. The Morgan fingerprint density at radius 1 is 1.45 bits per heavy atom. The number of phenolic OH excluding ortho intramolecular Hbond substituents is 1. The lowest BCUT2D eigenvalue weighted by Gasteiger charge is -2.12. The van der Waals surface area contributed by atoms with Gasteiger partial charge >= 0.3 is 0 Å². The number of ether oxygens (including phenoxy) is 1. The summed E-state index contributed by atoms with van der Waals surface area (Å²) in [5.41, 5.74) is 1.02. The molecule has 0 bridgehead atoms. The molecular formula is C15H20N2O2S. The molecule has 0 saturated carbocycles. The fourth-order valence-electron chi connectivity index (χ4n) is 1.89. The third-order valence-electron chi connectivity index (χ3n) is 3.15. The lowest BCUT2D eigenvalue weighted by atomic mass is 10.2. The van der Waals surface area contributed by atoms with Crippen molar-refractivity contribution < 1.29 is 9.84 Å². The van der Waals surface area contributed by atoms with Gasteiger partial charge in [0.05, 0.1) is 13.2 Å². The molecule has 5 heteroatoms. The number of rotatable bonds is 6. The maximum atomic E-state index is 9.75. The molecule has 0 fully saturated rings. The van der Waals surface area contributed by atoms with Crippen LogP contribution in [0, 0.1) is 0 Å². The number of aryl methyl sites for hydroxylation is 1. The predicted octanol–water partition coefficient (Wildman–Crippen LogP) is 3.27. The van der Waals surface area contributed by atoms with E-state index in [1.54, 1.807) is 30.6 Å². The Morgan fingerprint density at radius 2 is 2.25 bits per heavy atom. The molecule has 0 aliphatic heterocycles. The largest absolute Gasteiger partial charge is 0.504 e. The molecule has 0 aliphatic rings. The first-order valence-corrected chi connectivity index (χ1v) is 7.49. The van der Waals surface area contributed by atoms with E-state index in [0.29, 0.717) is 12.3 Å². The minimum atomic E-state index is 0.168. The zero-order valence-electron chi connectivity index (χ0n) is 12.0. The smallest absolute Gasteiger partial charge is 0.160 e. The van der Waals surface area contributed by atoms with Crippen LogP contribution < -0.4 is 10.1 Å².